The Morgan fingerprint density at radius 3 is 2.80 bits per heavy atom. The number of aromatic nitrogens is 1. The molecule has 2 N–H and O–H groups in total. The monoisotopic (exact) mass is 261 g/mol. The van der Waals surface area contributed by atoms with Crippen molar-refractivity contribution >= 4 is 16.5 Å². The van der Waals surface area contributed by atoms with Crippen LogP contribution in [0.5, 0.6) is 5.88 Å². The number of hydrogen-bond acceptors (Lipinski definition) is 1. The zero-order valence-corrected chi connectivity index (χ0v) is 11.3. The highest BCUT2D eigenvalue weighted by atomic mass is 16.3. The molecular weight excluding hydrogens is 246 g/mol. The summed E-state index contributed by atoms with van der Waals surface area (Å²) in [5, 5.41) is 11.4. The Balaban J connectivity index is 1.99. The Bertz CT molecular complexity index is 855. The molecule has 1 aromatic heterocycles. The van der Waals surface area contributed by atoms with Crippen molar-refractivity contribution in [2.24, 2.45) is 0 Å². The molecule has 0 bridgehead atoms. The predicted molar refractivity (Wildman–Crippen MR) is 81.9 cm³/mol. The molecule has 0 amide bonds. The molecule has 2 aromatic carbocycles. The zero-order chi connectivity index (χ0) is 13.7. The summed E-state index contributed by atoms with van der Waals surface area (Å²) in [7, 11) is 0. The van der Waals surface area contributed by atoms with Gasteiger partial charge in [0.05, 0.1) is 5.56 Å². The second-order valence-corrected chi connectivity index (χ2v) is 5.32. The van der Waals surface area contributed by atoms with E-state index in [2.05, 4.69) is 42.2 Å². The number of benzene rings is 2. The molecular formula is C18H15NO. The molecule has 1 heterocycles. The minimum Gasteiger partial charge on any atom is -0.494 e. The summed E-state index contributed by atoms with van der Waals surface area (Å²) in [6, 6.07) is 14.4. The zero-order valence-electron chi connectivity index (χ0n) is 11.3. The largest absolute Gasteiger partial charge is 0.494 e. The Hall–Kier alpha value is -2.48. The maximum atomic E-state index is 10.3. The van der Waals surface area contributed by atoms with E-state index in [1.165, 1.54) is 16.7 Å². The highest BCUT2D eigenvalue weighted by Crippen LogP contribution is 2.41. The third-order valence-corrected chi connectivity index (χ3v) is 4.17. The topological polar surface area (TPSA) is 36.0 Å². The van der Waals surface area contributed by atoms with Crippen molar-refractivity contribution in [1.82, 2.24) is 4.98 Å². The van der Waals surface area contributed by atoms with Gasteiger partial charge in [-0.15, -0.1) is 0 Å². The molecule has 0 spiro atoms. The molecule has 0 saturated carbocycles. The fourth-order valence-corrected chi connectivity index (χ4v) is 3.18. The molecule has 0 aliphatic heterocycles. The summed E-state index contributed by atoms with van der Waals surface area (Å²) in [5.74, 6) is 0.256. The molecule has 4 rings (SSSR count). The quantitative estimate of drug-likeness (QED) is 0.677. The van der Waals surface area contributed by atoms with E-state index in [-0.39, 0.29) is 5.88 Å². The van der Waals surface area contributed by atoms with Crippen molar-refractivity contribution < 1.29 is 5.11 Å². The van der Waals surface area contributed by atoms with Gasteiger partial charge in [0.2, 0.25) is 0 Å². The van der Waals surface area contributed by atoms with Gasteiger partial charge in [-0.2, -0.15) is 0 Å². The number of aromatic hydroxyl groups is 1. The molecule has 0 fully saturated rings. The molecule has 0 atom stereocenters. The van der Waals surface area contributed by atoms with Crippen molar-refractivity contribution in [2.75, 3.05) is 0 Å². The van der Waals surface area contributed by atoms with Crippen molar-refractivity contribution in [1.29, 1.82) is 0 Å². The second kappa shape index (κ2) is 4.01. The molecule has 0 saturated heterocycles. The van der Waals surface area contributed by atoms with Crippen LogP contribution in [0.4, 0.5) is 0 Å². The van der Waals surface area contributed by atoms with Gasteiger partial charge in [0.1, 0.15) is 0 Å². The lowest BCUT2D eigenvalue weighted by Crippen LogP contribution is -1.89. The van der Waals surface area contributed by atoms with Crippen molar-refractivity contribution in [3.05, 3.63) is 70.8 Å². The van der Waals surface area contributed by atoms with Gasteiger partial charge < -0.3 is 10.1 Å². The minimum absolute atomic E-state index is 0.256. The van der Waals surface area contributed by atoms with Crippen LogP contribution in [-0.4, -0.2) is 10.1 Å². The average molecular weight is 261 g/mol. The molecule has 0 radical (unpaired) electrons. The molecule has 98 valence electrons. The van der Waals surface area contributed by atoms with Gasteiger partial charge in [-0.1, -0.05) is 42.5 Å². The molecule has 2 heteroatoms. The summed E-state index contributed by atoms with van der Waals surface area (Å²) in [6.45, 7) is 2.14. The van der Waals surface area contributed by atoms with Crippen LogP contribution in [0.15, 0.2) is 48.5 Å². The third kappa shape index (κ3) is 1.45. The molecule has 1 aliphatic rings. The second-order valence-electron chi connectivity index (χ2n) is 5.32. The van der Waals surface area contributed by atoms with Crippen LogP contribution in [-0.2, 0) is 6.42 Å². The Morgan fingerprint density at radius 1 is 1.05 bits per heavy atom. The molecule has 3 aromatic rings. The summed E-state index contributed by atoms with van der Waals surface area (Å²) < 4.78 is 0. The number of aromatic amines is 1. The number of allylic oxidation sites excluding steroid dienone is 1. The smallest absolute Gasteiger partial charge is 0.197 e. The Labute approximate surface area is 117 Å². The maximum Gasteiger partial charge on any atom is 0.197 e. The number of hydrogen-bond donors (Lipinski definition) is 2. The Kier molecular flexibility index (Phi) is 2.27. The van der Waals surface area contributed by atoms with E-state index in [1.807, 2.05) is 18.2 Å². The highest BCUT2D eigenvalue weighted by Gasteiger charge is 2.22. The van der Waals surface area contributed by atoms with Gasteiger partial charge >= 0.3 is 0 Å². The van der Waals surface area contributed by atoms with Crippen molar-refractivity contribution in [3.63, 3.8) is 0 Å². The number of aryl methyl sites for hydroxylation is 1. The van der Waals surface area contributed by atoms with E-state index in [9.17, 15) is 5.11 Å². The molecule has 1 aliphatic carbocycles. The highest BCUT2D eigenvalue weighted by molar-refractivity contribution is 6.01. The number of nitrogens with one attached hydrogen (secondary N) is 1. The van der Waals surface area contributed by atoms with Gasteiger partial charge in [-0.05, 0) is 41.7 Å². The average Bonchev–Trinajstić information content (AvgIpc) is 2.99. The summed E-state index contributed by atoms with van der Waals surface area (Å²) in [5.41, 5.74) is 6.95. The summed E-state index contributed by atoms with van der Waals surface area (Å²) in [6.07, 6.45) is 3.16. The fourth-order valence-electron chi connectivity index (χ4n) is 3.18. The minimum atomic E-state index is 0.256. The van der Waals surface area contributed by atoms with E-state index in [0.29, 0.717) is 0 Å². The van der Waals surface area contributed by atoms with Gasteiger partial charge in [0.15, 0.2) is 5.88 Å². The first-order valence-electron chi connectivity index (χ1n) is 6.85. The van der Waals surface area contributed by atoms with E-state index < -0.39 is 0 Å². The fraction of sp³-hybridized carbons (Fsp3) is 0.111. The van der Waals surface area contributed by atoms with E-state index in [4.69, 9.17) is 0 Å². The third-order valence-electron chi connectivity index (χ3n) is 4.17. The number of rotatable bonds is 1. The van der Waals surface area contributed by atoms with Gasteiger partial charge in [0.25, 0.3) is 0 Å². The number of H-pyrrole nitrogens is 1. The van der Waals surface area contributed by atoms with Gasteiger partial charge in [0, 0.05) is 10.9 Å². The van der Waals surface area contributed by atoms with Crippen LogP contribution < -0.4 is 0 Å². The Morgan fingerprint density at radius 2 is 1.90 bits per heavy atom. The van der Waals surface area contributed by atoms with E-state index in [0.717, 1.165) is 28.5 Å². The number of fused-ring (bicyclic) bond motifs is 2. The van der Waals surface area contributed by atoms with Crippen molar-refractivity contribution in [3.8, 4) is 5.88 Å². The van der Waals surface area contributed by atoms with E-state index >= 15 is 0 Å². The van der Waals surface area contributed by atoms with Crippen LogP contribution in [0.2, 0.25) is 0 Å². The lowest BCUT2D eigenvalue weighted by Gasteiger charge is -2.07. The van der Waals surface area contributed by atoms with Crippen LogP contribution in [0.25, 0.3) is 16.5 Å². The predicted octanol–water partition coefficient (Wildman–Crippen LogP) is 4.17. The first-order valence-corrected chi connectivity index (χ1v) is 6.85. The SMILES string of the molecule is Cc1cccc2c1CC=C2c1c(O)[nH]c2ccccc12. The maximum absolute atomic E-state index is 10.3. The first kappa shape index (κ1) is 11.4. The molecule has 0 unspecified atom stereocenters. The van der Waals surface area contributed by atoms with Gasteiger partial charge in [-0.25, -0.2) is 0 Å². The molecule has 2 nitrogen and oxygen atoms in total. The first-order chi connectivity index (χ1) is 9.75. The van der Waals surface area contributed by atoms with Crippen molar-refractivity contribution in [2.45, 2.75) is 13.3 Å². The van der Waals surface area contributed by atoms with Crippen LogP contribution in [0.1, 0.15) is 22.3 Å². The lowest BCUT2D eigenvalue weighted by atomic mass is 9.96. The van der Waals surface area contributed by atoms with E-state index in [1.54, 1.807) is 0 Å². The van der Waals surface area contributed by atoms with Crippen LogP contribution in [0, 0.1) is 6.92 Å². The normalized spacial score (nSPS) is 13.6. The standard InChI is InChI=1S/C18H15NO/c1-11-5-4-7-13-12(11)9-10-14(13)17-15-6-2-3-8-16(15)19-18(17)20/h2-8,10,19-20H,9H2,1H3. The molecule has 20 heavy (non-hydrogen) atoms. The summed E-state index contributed by atoms with van der Waals surface area (Å²) >= 11 is 0. The lowest BCUT2D eigenvalue weighted by molar-refractivity contribution is 0.457. The van der Waals surface area contributed by atoms with Gasteiger partial charge in [-0.3, -0.25) is 0 Å². The summed E-state index contributed by atoms with van der Waals surface area (Å²) in [4.78, 5) is 3.06. The van der Waals surface area contributed by atoms with Crippen LogP contribution >= 0.6 is 0 Å². The van der Waals surface area contributed by atoms with Crippen LogP contribution in [0.3, 0.4) is 0 Å². The number of para-hydroxylation sites is 1.